The molecule has 0 fully saturated rings. The molecule has 0 aliphatic heterocycles. The van der Waals surface area contributed by atoms with E-state index >= 15 is 0 Å². The summed E-state index contributed by atoms with van der Waals surface area (Å²) >= 11 is 0. The minimum Gasteiger partial charge on any atom is -0.480 e. The van der Waals surface area contributed by atoms with Crippen LogP contribution in [0.5, 0.6) is 0 Å². The van der Waals surface area contributed by atoms with Crippen molar-refractivity contribution in [3.8, 4) is 0 Å². The first-order chi connectivity index (χ1) is 10.6. The van der Waals surface area contributed by atoms with Gasteiger partial charge in [0.15, 0.2) is 0 Å². The summed E-state index contributed by atoms with van der Waals surface area (Å²) in [6.45, 7) is -0.243. The second kappa shape index (κ2) is 7.38. The van der Waals surface area contributed by atoms with Gasteiger partial charge < -0.3 is 10.8 Å². The zero-order valence-electron chi connectivity index (χ0n) is 12.1. The molecule has 0 aliphatic rings. The average molecular weight is 298 g/mol. The van der Waals surface area contributed by atoms with Crippen molar-refractivity contribution in [1.82, 2.24) is 0 Å². The summed E-state index contributed by atoms with van der Waals surface area (Å²) in [7, 11) is 0. The number of carbonyl (C=O) groups excluding carboxylic acids is 1. The molecule has 0 bridgehead atoms. The normalized spacial score (nSPS) is 11.7. The van der Waals surface area contributed by atoms with Gasteiger partial charge in [0.1, 0.15) is 6.04 Å². The molecule has 2 rings (SSSR count). The molecular formula is C17H18N2O3. The highest BCUT2D eigenvalue weighted by atomic mass is 16.4. The van der Waals surface area contributed by atoms with Crippen molar-refractivity contribution in [3.05, 3.63) is 66.2 Å². The summed E-state index contributed by atoms with van der Waals surface area (Å²) in [6, 6.07) is 16.9. The molecule has 5 heteroatoms. The molecule has 114 valence electrons. The lowest BCUT2D eigenvalue weighted by atomic mass is 10.0. The van der Waals surface area contributed by atoms with Gasteiger partial charge in [0.2, 0.25) is 5.91 Å². The van der Waals surface area contributed by atoms with Crippen LogP contribution in [0.3, 0.4) is 0 Å². The Morgan fingerprint density at radius 2 is 1.55 bits per heavy atom. The topological polar surface area (TPSA) is 83.6 Å². The highest BCUT2D eigenvalue weighted by Gasteiger charge is 2.30. The van der Waals surface area contributed by atoms with Crippen LogP contribution in [0.4, 0.5) is 5.69 Å². The molecule has 0 spiro atoms. The fraction of sp³-hybridized carbons (Fsp3) is 0.176. The van der Waals surface area contributed by atoms with Gasteiger partial charge >= 0.3 is 5.97 Å². The van der Waals surface area contributed by atoms with Crippen molar-refractivity contribution < 1.29 is 14.7 Å². The summed E-state index contributed by atoms with van der Waals surface area (Å²) in [4.78, 5) is 25.1. The number of nitrogens with zero attached hydrogens (tertiary/aromatic N) is 1. The Hall–Kier alpha value is -2.66. The third kappa shape index (κ3) is 3.71. The number of benzene rings is 2. The number of carboxylic acids is 1. The van der Waals surface area contributed by atoms with Gasteiger partial charge in [-0.3, -0.25) is 9.69 Å². The van der Waals surface area contributed by atoms with Crippen LogP contribution < -0.4 is 10.6 Å². The first kappa shape index (κ1) is 15.7. The van der Waals surface area contributed by atoms with E-state index in [-0.39, 0.29) is 13.0 Å². The van der Waals surface area contributed by atoms with Crippen LogP contribution in [0, 0.1) is 0 Å². The van der Waals surface area contributed by atoms with Crippen LogP contribution in [0.1, 0.15) is 5.56 Å². The van der Waals surface area contributed by atoms with E-state index in [1.807, 2.05) is 36.4 Å². The summed E-state index contributed by atoms with van der Waals surface area (Å²) < 4.78 is 0. The number of amides is 1. The largest absolute Gasteiger partial charge is 0.480 e. The van der Waals surface area contributed by atoms with Crippen molar-refractivity contribution in [3.63, 3.8) is 0 Å². The summed E-state index contributed by atoms with van der Waals surface area (Å²) in [5.41, 5.74) is 6.83. The van der Waals surface area contributed by atoms with Gasteiger partial charge in [0, 0.05) is 12.1 Å². The Morgan fingerprint density at radius 1 is 1.00 bits per heavy atom. The molecule has 2 aromatic carbocycles. The molecule has 5 nitrogen and oxygen atoms in total. The predicted octanol–water partition coefficient (Wildman–Crippen LogP) is 1.67. The second-order valence-electron chi connectivity index (χ2n) is 4.85. The smallest absolute Gasteiger partial charge is 0.327 e. The van der Waals surface area contributed by atoms with Crippen molar-refractivity contribution in [1.29, 1.82) is 0 Å². The maximum absolute atomic E-state index is 12.2. The van der Waals surface area contributed by atoms with Crippen molar-refractivity contribution in [2.24, 2.45) is 5.73 Å². The minimum atomic E-state index is -1.06. The average Bonchev–Trinajstić information content (AvgIpc) is 2.55. The van der Waals surface area contributed by atoms with E-state index in [4.69, 9.17) is 5.73 Å². The summed E-state index contributed by atoms with van der Waals surface area (Å²) in [5, 5.41) is 9.58. The quantitative estimate of drug-likeness (QED) is 0.849. The standard InChI is InChI=1S/C17H18N2O3/c18-12-16(20)19(14-9-5-2-6-10-14)15(17(21)22)11-13-7-3-1-4-8-13/h1-10,15H,11-12,18H2,(H,21,22). The Labute approximate surface area is 129 Å². The number of rotatable bonds is 6. The molecule has 0 saturated carbocycles. The van der Waals surface area contributed by atoms with Crippen molar-refractivity contribution >= 4 is 17.6 Å². The molecule has 1 unspecified atom stereocenters. The Balaban J connectivity index is 2.37. The number of aliphatic carboxylic acids is 1. The minimum absolute atomic E-state index is 0.219. The van der Waals surface area contributed by atoms with Gasteiger partial charge in [0.25, 0.3) is 0 Å². The summed E-state index contributed by atoms with van der Waals surface area (Å²) in [5.74, 6) is -1.48. The maximum Gasteiger partial charge on any atom is 0.327 e. The Morgan fingerprint density at radius 3 is 2.05 bits per heavy atom. The van der Waals surface area contributed by atoms with E-state index in [9.17, 15) is 14.7 Å². The molecule has 0 aliphatic carbocycles. The lowest BCUT2D eigenvalue weighted by molar-refractivity contribution is -0.140. The SMILES string of the molecule is NCC(=O)N(c1ccccc1)C(Cc1ccccc1)C(=O)O. The molecule has 1 atom stereocenters. The first-order valence-electron chi connectivity index (χ1n) is 6.97. The molecule has 0 heterocycles. The Bertz CT molecular complexity index is 629. The van der Waals surface area contributed by atoms with Gasteiger partial charge in [0.05, 0.1) is 6.54 Å². The number of para-hydroxylation sites is 1. The molecule has 0 saturated heterocycles. The second-order valence-corrected chi connectivity index (χ2v) is 4.85. The van der Waals surface area contributed by atoms with Gasteiger partial charge in [-0.15, -0.1) is 0 Å². The highest BCUT2D eigenvalue weighted by molar-refractivity contribution is 6.00. The van der Waals surface area contributed by atoms with Crippen molar-refractivity contribution in [2.45, 2.75) is 12.5 Å². The molecule has 1 amide bonds. The molecule has 0 radical (unpaired) electrons. The highest BCUT2D eigenvalue weighted by Crippen LogP contribution is 2.19. The lowest BCUT2D eigenvalue weighted by Crippen LogP contribution is -2.49. The number of anilines is 1. The Kier molecular flexibility index (Phi) is 5.27. The molecule has 0 aromatic heterocycles. The van der Waals surface area contributed by atoms with Crippen LogP contribution in [0.25, 0.3) is 0 Å². The summed E-state index contributed by atoms with van der Waals surface area (Å²) in [6.07, 6.45) is 0.219. The number of hydrogen-bond acceptors (Lipinski definition) is 3. The number of carboxylic acid groups (broad SMARTS) is 1. The van der Waals surface area contributed by atoms with Gasteiger partial charge in [-0.2, -0.15) is 0 Å². The fourth-order valence-corrected chi connectivity index (χ4v) is 2.31. The van der Waals surface area contributed by atoms with Crippen LogP contribution in [-0.2, 0) is 16.0 Å². The molecular weight excluding hydrogens is 280 g/mol. The van der Waals surface area contributed by atoms with E-state index < -0.39 is 17.9 Å². The zero-order valence-corrected chi connectivity index (χ0v) is 12.1. The fourth-order valence-electron chi connectivity index (χ4n) is 2.31. The van der Waals surface area contributed by atoms with E-state index in [1.54, 1.807) is 24.3 Å². The van der Waals surface area contributed by atoms with E-state index in [1.165, 1.54) is 4.90 Å². The number of hydrogen-bond donors (Lipinski definition) is 2. The lowest BCUT2D eigenvalue weighted by Gasteiger charge is -2.29. The van der Waals surface area contributed by atoms with Crippen LogP contribution in [-0.4, -0.2) is 29.6 Å². The van der Waals surface area contributed by atoms with Gasteiger partial charge in [-0.25, -0.2) is 4.79 Å². The first-order valence-corrected chi connectivity index (χ1v) is 6.97. The number of nitrogens with two attached hydrogens (primary N) is 1. The van der Waals surface area contributed by atoms with Crippen LogP contribution in [0.15, 0.2) is 60.7 Å². The van der Waals surface area contributed by atoms with Gasteiger partial charge in [-0.05, 0) is 17.7 Å². The third-order valence-corrected chi connectivity index (χ3v) is 3.35. The zero-order chi connectivity index (χ0) is 15.9. The van der Waals surface area contributed by atoms with Crippen molar-refractivity contribution in [2.75, 3.05) is 11.4 Å². The molecule has 3 N–H and O–H groups in total. The predicted molar refractivity (Wildman–Crippen MR) is 84.6 cm³/mol. The van der Waals surface area contributed by atoms with Crippen LogP contribution in [0.2, 0.25) is 0 Å². The van der Waals surface area contributed by atoms with E-state index in [0.717, 1.165) is 5.56 Å². The van der Waals surface area contributed by atoms with E-state index in [0.29, 0.717) is 5.69 Å². The van der Waals surface area contributed by atoms with E-state index in [2.05, 4.69) is 0 Å². The maximum atomic E-state index is 12.2. The van der Waals surface area contributed by atoms with Gasteiger partial charge in [-0.1, -0.05) is 48.5 Å². The monoisotopic (exact) mass is 298 g/mol. The van der Waals surface area contributed by atoms with Crippen LogP contribution >= 0.6 is 0 Å². The molecule has 22 heavy (non-hydrogen) atoms. The number of carbonyl (C=O) groups is 2. The molecule has 2 aromatic rings. The third-order valence-electron chi connectivity index (χ3n) is 3.35.